The molecule has 0 aromatic heterocycles. The summed E-state index contributed by atoms with van der Waals surface area (Å²) < 4.78 is 0. The van der Waals surface area contributed by atoms with Crippen LogP contribution in [0.5, 0.6) is 0 Å². The average Bonchev–Trinajstić information content (AvgIpc) is 2.25. The first-order chi connectivity index (χ1) is 7.22. The van der Waals surface area contributed by atoms with Crippen molar-refractivity contribution in [3.05, 3.63) is 42.5 Å². The van der Waals surface area contributed by atoms with Gasteiger partial charge in [-0.3, -0.25) is 0 Å². The van der Waals surface area contributed by atoms with Gasteiger partial charge in [0.2, 0.25) is 0 Å². The highest BCUT2D eigenvalue weighted by Gasteiger charge is 2.07. The standard InChI is InChI=1S/C13H16OS/c1-11(2)8-12(9-14)10-15-13-6-4-3-5-7-13/h3-7,9,12H,1,8,10H2,2H3. The zero-order chi connectivity index (χ0) is 11.1. The lowest BCUT2D eigenvalue weighted by Gasteiger charge is -2.09. The van der Waals surface area contributed by atoms with E-state index in [-0.39, 0.29) is 5.92 Å². The number of allylic oxidation sites excluding steroid dienone is 1. The first-order valence-electron chi connectivity index (χ1n) is 5.00. The normalized spacial score (nSPS) is 12.1. The molecule has 0 aliphatic rings. The minimum atomic E-state index is 0.0905. The smallest absolute Gasteiger partial charge is 0.124 e. The fourth-order valence-electron chi connectivity index (χ4n) is 1.31. The predicted octanol–water partition coefficient (Wildman–Crippen LogP) is 3.56. The van der Waals surface area contributed by atoms with Gasteiger partial charge in [0, 0.05) is 16.6 Å². The van der Waals surface area contributed by atoms with Crippen LogP contribution in [0.2, 0.25) is 0 Å². The number of benzene rings is 1. The molecule has 80 valence electrons. The molecule has 1 unspecified atom stereocenters. The van der Waals surface area contributed by atoms with Crippen molar-refractivity contribution in [1.29, 1.82) is 0 Å². The van der Waals surface area contributed by atoms with Crippen molar-refractivity contribution in [2.24, 2.45) is 5.92 Å². The molecular weight excluding hydrogens is 204 g/mol. The lowest BCUT2D eigenvalue weighted by Crippen LogP contribution is -2.05. The lowest BCUT2D eigenvalue weighted by atomic mass is 10.1. The minimum Gasteiger partial charge on any atom is -0.303 e. The van der Waals surface area contributed by atoms with Gasteiger partial charge in [0.25, 0.3) is 0 Å². The molecule has 1 aromatic rings. The molecule has 0 spiro atoms. The lowest BCUT2D eigenvalue weighted by molar-refractivity contribution is -0.110. The maximum atomic E-state index is 10.8. The van der Waals surface area contributed by atoms with E-state index < -0.39 is 0 Å². The number of carbonyl (C=O) groups excluding carboxylic acids is 1. The molecule has 1 aromatic carbocycles. The Morgan fingerprint density at radius 1 is 1.47 bits per heavy atom. The second-order valence-corrected chi connectivity index (χ2v) is 4.77. The molecule has 0 fully saturated rings. The summed E-state index contributed by atoms with van der Waals surface area (Å²) in [6, 6.07) is 10.1. The number of rotatable bonds is 6. The van der Waals surface area contributed by atoms with Gasteiger partial charge in [0.1, 0.15) is 6.29 Å². The zero-order valence-corrected chi connectivity index (χ0v) is 9.80. The summed E-state index contributed by atoms with van der Waals surface area (Å²) in [5, 5.41) is 0. The van der Waals surface area contributed by atoms with Crippen LogP contribution in [-0.4, -0.2) is 12.0 Å². The second kappa shape index (κ2) is 6.46. The Balaban J connectivity index is 2.41. The van der Waals surface area contributed by atoms with Crippen LogP contribution >= 0.6 is 11.8 Å². The minimum absolute atomic E-state index is 0.0905. The highest BCUT2D eigenvalue weighted by atomic mass is 32.2. The Labute approximate surface area is 95.6 Å². The van der Waals surface area contributed by atoms with Crippen LogP contribution in [0.15, 0.2) is 47.4 Å². The molecule has 0 saturated carbocycles. The predicted molar refractivity (Wildman–Crippen MR) is 66.2 cm³/mol. The summed E-state index contributed by atoms with van der Waals surface area (Å²) in [6.45, 7) is 5.79. The maximum absolute atomic E-state index is 10.8. The van der Waals surface area contributed by atoms with Crippen molar-refractivity contribution in [2.45, 2.75) is 18.2 Å². The summed E-state index contributed by atoms with van der Waals surface area (Å²) >= 11 is 1.72. The van der Waals surface area contributed by atoms with Crippen molar-refractivity contribution in [3.8, 4) is 0 Å². The average molecular weight is 220 g/mol. The van der Waals surface area contributed by atoms with Crippen molar-refractivity contribution < 1.29 is 4.79 Å². The molecule has 1 rings (SSSR count). The molecule has 0 aliphatic carbocycles. The molecule has 1 nitrogen and oxygen atoms in total. The second-order valence-electron chi connectivity index (χ2n) is 3.68. The number of hydrogen-bond acceptors (Lipinski definition) is 2. The highest BCUT2D eigenvalue weighted by Crippen LogP contribution is 2.22. The molecule has 0 N–H and O–H groups in total. The first-order valence-corrected chi connectivity index (χ1v) is 5.98. The third-order valence-electron chi connectivity index (χ3n) is 2.01. The molecule has 0 saturated heterocycles. The fourth-order valence-corrected chi connectivity index (χ4v) is 2.27. The quantitative estimate of drug-likeness (QED) is 0.414. The summed E-state index contributed by atoms with van der Waals surface area (Å²) in [6.07, 6.45) is 1.83. The van der Waals surface area contributed by atoms with Crippen LogP contribution in [0.3, 0.4) is 0 Å². The molecule has 0 bridgehead atoms. The van der Waals surface area contributed by atoms with E-state index in [1.54, 1.807) is 11.8 Å². The summed E-state index contributed by atoms with van der Waals surface area (Å²) in [7, 11) is 0. The molecule has 2 heteroatoms. The maximum Gasteiger partial charge on any atom is 0.124 e. The van der Waals surface area contributed by atoms with Crippen molar-refractivity contribution >= 4 is 18.0 Å². The molecule has 0 heterocycles. The van der Waals surface area contributed by atoms with Crippen LogP contribution in [0.1, 0.15) is 13.3 Å². The van der Waals surface area contributed by atoms with Gasteiger partial charge < -0.3 is 4.79 Å². The van der Waals surface area contributed by atoms with Crippen LogP contribution < -0.4 is 0 Å². The number of hydrogen-bond donors (Lipinski definition) is 0. The van der Waals surface area contributed by atoms with Gasteiger partial charge in [-0.05, 0) is 25.5 Å². The van der Waals surface area contributed by atoms with Crippen LogP contribution in [-0.2, 0) is 4.79 Å². The summed E-state index contributed by atoms with van der Waals surface area (Å²) in [4.78, 5) is 12.0. The number of carbonyl (C=O) groups is 1. The fraction of sp³-hybridized carbons (Fsp3) is 0.308. The van der Waals surface area contributed by atoms with E-state index in [4.69, 9.17) is 0 Å². The monoisotopic (exact) mass is 220 g/mol. The van der Waals surface area contributed by atoms with Gasteiger partial charge in [-0.15, -0.1) is 18.3 Å². The summed E-state index contributed by atoms with van der Waals surface area (Å²) in [5.41, 5.74) is 1.07. The van der Waals surface area contributed by atoms with Gasteiger partial charge in [-0.1, -0.05) is 23.8 Å². The van der Waals surface area contributed by atoms with Crippen molar-refractivity contribution in [3.63, 3.8) is 0 Å². The molecule has 0 radical (unpaired) electrons. The van der Waals surface area contributed by atoms with E-state index in [0.29, 0.717) is 0 Å². The third kappa shape index (κ3) is 4.84. The van der Waals surface area contributed by atoms with E-state index in [0.717, 1.165) is 24.0 Å². The van der Waals surface area contributed by atoms with Crippen molar-refractivity contribution in [2.75, 3.05) is 5.75 Å². The Morgan fingerprint density at radius 2 is 2.13 bits per heavy atom. The van der Waals surface area contributed by atoms with E-state index in [1.165, 1.54) is 4.90 Å². The van der Waals surface area contributed by atoms with Gasteiger partial charge in [0.05, 0.1) is 0 Å². The van der Waals surface area contributed by atoms with Gasteiger partial charge in [-0.25, -0.2) is 0 Å². The molecule has 15 heavy (non-hydrogen) atoms. The molecule has 0 aliphatic heterocycles. The molecular formula is C13H16OS. The van der Waals surface area contributed by atoms with E-state index >= 15 is 0 Å². The topological polar surface area (TPSA) is 17.1 Å². The Hall–Kier alpha value is -1.02. The largest absolute Gasteiger partial charge is 0.303 e. The highest BCUT2D eigenvalue weighted by molar-refractivity contribution is 7.99. The van der Waals surface area contributed by atoms with Gasteiger partial charge >= 0.3 is 0 Å². The third-order valence-corrected chi connectivity index (χ3v) is 3.21. The van der Waals surface area contributed by atoms with Gasteiger partial charge in [0.15, 0.2) is 0 Å². The first kappa shape index (κ1) is 12.1. The number of aldehydes is 1. The zero-order valence-electron chi connectivity index (χ0n) is 8.98. The van der Waals surface area contributed by atoms with Crippen LogP contribution in [0.4, 0.5) is 0 Å². The Bertz CT molecular complexity index is 319. The molecule has 1 atom stereocenters. The van der Waals surface area contributed by atoms with Crippen LogP contribution in [0, 0.1) is 5.92 Å². The van der Waals surface area contributed by atoms with Crippen molar-refractivity contribution in [1.82, 2.24) is 0 Å². The molecule has 0 amide bonds. The van der Waals surface area contributed by atoms with Crippen LogP contribution in [0.25, 0.3) is 0 Å². The summed E-state index contributed by atoms with van der Waals surface area (Å²) in [5.74, 6) is 0.924. The van der Waals surface area contributed by atoms with E-state index in [1.807, 2.05) is 25.1 Å². The number of thioether (sulfide) groups is 1. The van der Waals surface area contributed by atoms with E-state index in [2.05, 4.69) is 18.7 Å². The van der Waals surface area contributed by atoms with E-state index in [9.17, 15) is 4.79 Å². The Kier molecular flexibility index (Phi) is 5.19. The Morgan fingerprint density at radius 3 is 2.67 bits per heavy atom. The van der Waals surface area contributed by atoms with Gasteiger partial charge in [-0.2, -0.15) is 0 Å². The SMILES string of the molecule is C=C(C)CC(C=O)CSc1ccccc1.